The SMILES string of the molecule is C=CCCc1cc(CC(=O)OC)ccc1N(C)C. The molecule has 1 rings (SSSR count). The Morgan fingerprint density at radius 2 is 2.17 bits per heavy atom. The van der Waals surface area contributed by atoms with E-state index in [2.05, 4.69) is 28.3 Å². The Morgan fingerprint density at radius 1 is 1.44 bits per heavy atom. The minimum absolute atomic E-state index is 0.206. The van der Waals surface area contributed by atoms with E-state index >= 15 is 0 Å². The first-order valence-corrected chi connectivity index (χ1v) is 6.05. The Kier molecular flexibility index (Phi) is 5.43. The second kappa shape index (κ2) is 6.84. The topological polar surface area (TPSA) is 29.5 Å². The van der Waals surface area contributed by atoms with Gasteiger partial charge in [-0.3, -0.25) is 4.79 Å². The van der Waals surface area contributed by atoms with Crippen molar-refractivity contribution in [3.05, 3.63) is 42.0 Å². The zero-order valence-corrected chi connectivity index (χ0v) is 11.4. The summed E-state index contributed by atoms with van der Waals surface area (Å²) >= 11 is 0. The predicted molar refractivity (Wildman–Crippen MR) is 75.0 cm³/mol. The van der Waals surface area contributed by atoms with E-state index in [-0.39, 0.29) is 5.97 Å². The van der Waals surface area contributed by atoms with Crippen molar-refractivity contribution in [2.75, 3.05) is 26.1 Å². The number of rotatable bonds is 6. The highest BCUT2D eigenvalue weighted by Crippen LogP contribution is 2.22. The average Bonchev–Trinajstić information content (AvgIpc) is 2.36. The van der Waals surface area contributed by atoms with Crippen LogP contribution in [0.4, 0.5) is 5.69 Å². The molecule has 18 heavy (non-hydrogen) atoms. The number of aryl methyl sites for hydroxylation is 1. The summed E-state index contributed by atoms with van der Waals surface area (Å²) < 4.78 is 4.69. The van der Waals surface area contributed by atoms with Crippen LogP contribution in [0.3, 0.4) is 0 Å². The maximum absolute atomic E-state index is 11.3. The molecule has 3 nitrogen and oxygen atoms in total. The Hall–Kier alpha value is -1.77. The molecule has 0 saturated heterocycles. The van der Waals surface area contributed by atoms with Gasteiger partial charge in [-0.2, -0.15) is 0 Å². The fourth-order valence-electron chi connectivity index (χ4n) is 1.88. The van der Waals surface area contributed by atoms with Gasteiger partial charge in [-0.1, -0.05) is 18.2 Å². The maximum Gasteiger partial charge on any atom is 0.309 e. The van der Waals surface area contributed by atoms with Crippen LogP contribution < -0.4 is 4.90 Å². The van der Waals surface area contributed by atoms with Gasteiger partial charge in [0, 0.05) is 19.8 Å². The molecular weight excluding hydrogens is 226 g/mol. The number of carbonyl (C=O) groups excluding carboxylic acids is 1. The number of methoxy groups -OCH3 is 1. The van der Waals surface area contributed by atoms with Crippen molar-refractivity contribution in [2.45, 2.75) is 19.3 Å². The number of nitrogens with zero attached hydrogens (tertiary/aromatic N) is 1. The third-order valence-corrected chi connectivity index (χ3v) is 2.82. The molecule has 0 unspecified atom stereocenters. The summed E-state index contributed by atoms with van der Waals surface area (Å²) in [5, 5.41) is 0. The third kappa shape index (κ3) is 3.91. The lowest BCUT2D eigenvalue weighted by Gasteiger charge is -2.18. The Morgan fingerprint density at radius 3 is 2.72 bits per heavy atom. The molecule has 0 saturated carbocycles. The van der Waals surface area contributed by atoms with Gasteiger partial charge in [0.15, 0.2) is 0 Å². The van der Waals surface area contributed by atoms with Gasteiger partial charge >= 0.3 is 5.97 Å². The van der Waals surface area contributed by atoms with Crippen molar-refractivity contribution >= 4 is 11.7 Å². The molecule has 0 fully saturated rings. The van der Waals surface area contributed by atoms with Gasteiger partial charge in [0.25, 0.3) is 0 Å². The van der Waals surface area contributed by atoms with Crippen LogP contribution >= 0.6 is 0 Å². The highest BCUT2D eigenvalue weighted by molar-refractivity contribution is 5.73. The minimum atomic E-state index is -0.206. The zero-order chi connectivity index (χ0) is 13.5. The van der Waals surface area contributed by atoms with Gasteiger partial charge in [0.1, 0.15) is 0 Å². The first-order chi connectivity index (χ1) is 8.58. The normalized spacial score (nSPS) is 9.94. The Balaban J connectivity index is 2.96. The highest BCUT2D eigenvalue weighted by Gasteiger charge is 2.08. The van der Waals surface area contributed by atoms with E-state index in [0.717, 1.165) is 18.4 Å². The van der Waals surface area contributed by atoms with Gasteiger partial charge in [0.2, 0.25) is 0 Å². The van der Waals surface area contributed by atoms with E-state index in [1.165, 1.54) is 18.4 Å². The second-order valence-corrected chi connectivity index (χ2v) is 4.44. The monoisotopic (exact) mass is 247 g/mol. The summed E-state index contributed by atoms with van der Waals surface area (Å²) in [6.45, 7) is 3.75. The summed E-state index contributed by atoms with van der Waals surface area (Å²) in [4.78, 5) is 13.4. The number of esters is 1. The number of ether oxygens (including phenoxy) is 1. The van der Waals surface area contributed by atoms with Gasteiger partial charge in [-0.15, -0.1) is 6.58 Å². The van der Waals surface area contributed by atoms with Crippen LogP contribution in [0.1, 0.15) is 17.5 Å². The van der Waals surface area contributed by atoms with Crippen molar-refractivity contribution < 1.29 is 9.53 Å². The smallest absolute Gasteiger partial charge is 0.309 e. The summed E-state index contributed by atoms with van der Waals surface area (Å²) in [6.07, 6.45) is 4.10. The average molecular weight is 247 g/mol. The molecule has 3 heteroatoms. The van der Waals surface area contributed by atoms with Gasteiger partial charge in [-0.25, -0.2) is 0 Å². The highest BCUT2D eigenvalue weighted by atomic mass is 16.5. The zero-order valence-electron chi connectivity index (χ0n) is 11.4. The number of hydrogen-bond donors (Lipinski definition) is 0. The van der Waals surface area contributed by atoms with Crippen LogP contribution in [0.15, 0.2) is 30.9 Å². The number of anilines is 1. The Bertz CT molecular complexity index is 425. The molecule has 0 aliphatic heterocycles. The van der Waals surface area contributed by atoms with Crippen molar-refractivity contribution in [1.82, 2.24) is 0 Å². The summed E-state index contributed by atoms with van der Waals surface area (Å²) in [5.41, 5.74) is 3.42. The number of benzene rings is 1. The summed E-state index contributed by atoms with van der Waals surface area (Å²) in [6, 6.07) is 6.11. The first kappa shape index (κ1) is 14.3. The fourth-order valence-corrected chi connectivity index (χ4v) is 1.88. The molecule has 98 valence electrons. The largest absolute Gasteiger partial charge is 0.469 e. The van der Waals surface area contributed by atoms with Crippen LogP contribution in [-0.2, 0) is 22.4 Å². The van der Waals surface area contributed by atoms with E-state index < -0.39 is 0 Å². The fraction of sp³-hybridized carbons (Fsp3) is 0.400. The molecule has 0 heterocycles. The second-order valence-electron chi connectivity index (χ2n) is 4.44. The maximum atomic E-state index is 11.3. The predicted octanol–water partition coefficient (Wildman–Crippen LogP) is 2.59. The quantitative estimate of drug-likeness (QED) is 0.571. The van der Waals surface area contributed by atoms with Gasteiger partial charge < -0.3 is 9.64 Å². The minimum Gasteiger partial charge on any atom is -0.469 e. The van der Waals surface area contributed by atoms with E-state index in [1.807, 2.05) is 26.2 Å². The number of carbonyl (C=O) groups is 1. The molecule has 0 atom stereocenters. The van der Waals surface area contributed by atoms with Crippen molar-refractivity contribution in [3.8, 4) is 0 Å². The standard InChI is InChI=1S/C15H21NO2/c1-5-6-7-13-10-12(11-15(17)18-4)8-9-14(13)16(2)3/h5,8-10H,1,6-7,11H2,2-4H3. The number of hydrogen-bond acceptors (Lipinski definition) is 3. The molecule has 0 aliphatic carbocycles. The summed E-state index contributed by atoms with van der Waals surface area (Å²) in [7, 11) is 5.45. The van der Waals surface area contributed by atoms with Crippen molar-refractivity contribution in [3.63, 3.8) is 0 Å². The van der Waals surface area contributed by atoms with E-state index in [1.54, 1.807) is 0 Å². The molecular formula is C15H21NO2. The molecule has 0 radical (unpaired) electrons. The van der Waals surface area contributed by atoms with Crippen LogP contribution in [0, 0.1) is 0 Å². The lowest BCUT2D eigenvalue weighted by atomic mass is 10.0. The summed E-state index contributed by atoms with van der Waals surface area (Å²) in [5.74, 6) is -0.206. The van der Waals surface area contributed by atoms with Crippen LogP contribution in [0.5, 0.6) is 0 Å². The van der Waals surface area contributed by atoms with Crippen LogP contribution in [-0.4, -0.2) is 27.2 Å². The molecule has 0 spiro atoms. The Labute approximate surface area is 109 Å². The molecule has 0 aliphatic rings. The molecule has 0 bridgehead atoms. The van der Waals surface area contributed by atoms with E-state index in [0.29, 0.717) is 6.42 Å². The van der Waals surface area contributed by atoms with Crippen LogP contribution in [0.2, 0.25) is 0 Å². The van der Waals surface area contributed by atoms with E-state index in [4.69, 9.17) is 0 Å². The first-order valence-electron chi connectivity index (χ1n) is 6.05. The van der Waals surface area contributed by atoms with Crippen LogP contribution in [0.25, 0.3) is 0 Å². The van der Waals surface area contributed by atoms with Crippen molar-refractivity contribution in [2.24, 2.45) is 0 Å². The molecule has 1 aromatic carbocycles. The third-order valence-electron chi connectivity index (χ3n) is 2.82. The molecule has 0 N–H and O–H groups in total. The lowest BCUT2D eigenvalue weighted by Crippen LogP contribution is -2.12. The molecule has 0 amide bonds. The van der Waals surface area contributed by atoms with Crippen molar-refractivity contribution in [1.29, 1.82) is 0 Å². The molecule has 1 aromatic rings. The van der Waals surface area contributed by atoms with Gasteiger partial charge in [-0.05, 0) is 30.0 Å². The lowest BCUT2D eigenvalue weighted by molar-refractivity contribution is -0.139. The molecule has 0 aromatic heterocycles. The van der Waals surface area contributed by atoms with Gasteiger partial charge in [0.05, 0.1) is 13.5 Å². The number of allylic oxidation sites excluding steroid dienone is 1. The van der Waals surface area contributed by atoms with E-state index in [9.17, 15) is 4.79 Å².